The molecule has 3 heterocycles. The van der Waals surface area contributed by atoms with Crippen LogP contribution >= 0.6 is 34.3 Å². The first-order valence-corrected chi connectivity index (χ1v) is 10.0. The van der Waals surface area contributed by atoms with Crippen molar-refractivity contribution < 1.29 is 9.72 Å². The zero-order valence-corrected chi connectivity index (χ0v) is 15.8. The number of nitro benzene ring substituents is 1. The summed E-state index contributed by atoms with van der Waals surface area (Å²) in [5.41, 5.74) is 0.914. The first-order chi connectivity index (χ1) is 12.6. The maximum absolute atomic E-state index is 13.3. The van der Waals surface area contributed by atoms with E-state index in [1.165, 1.54) is 23.1 Å². The lowest BCUT2D eigenvalue weighted by Gasteiger charge is -2.35. The average Bonchev–Trinajstić information content (AvgIpc) is 3.31. The molecule has 2 aromatic heterocycles. The van der Waals surface area contributed by atoms with Gasteiger partial charge in [0.25, 0.3) is 11.6 Å². The topological polar surface area (TPSA) is 63.4 Å². The fraction of sp³-hybridized carbons (Fsp3) is 0.167. The highest BCUT2D eigenvalue weighted by Crippen LogP contribution is 2.40. The number of hydrogen-bond donors (Lipinski definition) is 0. The molecular weight excluding hydrogens is 392 g/mol. The Bertz CT molecular complexity index is 984. The van der Waals surface area contributed by atoms with Gasteiger partial charge in [0, 0.05) is 27.4 Å². The van der Waals surface area contributed by atoms with Crippen molar-refractivity contribution in [1.82, 2.24) is 4.90 Å². The number of thiophene rings is 2. The van der Waals surface area contributed by atoms with Gasteiger partial charge < -0.3 is 4.90 Å². The van der Waals surface area contributed by atoms with Gasteiger partial charge in [-0.1, -0.05) is 17.7 Å². The van der Waals surface area contributed by atoms with Crippen LogP contribution in [0.3, 0.4) is 0 Å². The minimum atomic E-state index is -0.556. The second kappa shape index (κ2) is 6.83. The molecule has 0 spiro atoms. The number of benzene rings is 1. The van der Waals surface area contributed by atoms with Gasteiger partial charge in [-0.2, -0.15) is 0 Å². The highest BCUT2D eigenvalue weighted by molar-refractivity contribution is 7.10. The summed E-state index contributed by atoms with van der Waals surface area (Å²) in [5, 5.41) is 15.7. The van der Waals surface area contributed by atoms with Crippen LogP contribution in [0.5, 0.6) is 0 Å². The molecule has 1 aliphatic heterocycles. The fourth-order valence-electron chi connectivity index (χ4n) is 3.28. The Morgan fingerprint density at radius 1 is 1.23 bits per heavy atom. The third-order valence-electron chi connectivity index (χ3n) is 4.43. The largest absolute Gasteiger partial charge is 0.326 e. The zero-order valence-electron chi connectivity index (χ0n) is 13.4. The van der Waals surface area contributed by atoms with Crippen LogP contribution in [0.4, 0.5) is 5.69 Å². The number of rotatable bonds is 3. The molecule has 0 saturated heterocycles. The zero-order chi connectivity index (χ0) is 18.3. The summed E-state index contributed by atoms with van der Waals surface area (Å²) >= 11 is 9.16. The highest BCUT2D eigenvalue weighted by atomic mass is 35.5. The van der Waals surface area contributed by atoms with Crippen molar-refractivity contribution in [3.8, 4) is 0 Å². The van der Waals surface area contributed by atoms with Crippen molar-refractivity contribution in [3.05, 3.63) is 83.2 Å². The van der Waals surface area contributed by atoms with Gasteiger partial charge in [0.15, 0.2) is 0 Å². The molecule has 5 nitrogen and oxygen atoms in total. The number of carbonyl (C=O) groups is 1. The molecule has 0 aliphatic carbocycles. The second-order valence-corrected chi connectivity index (χ2v) is 8.30. The van der Waals surface area contributed by atoms with Gasteiger partial charge in [-0.05, 0) is 47.0 Å². The summed E-state index contributed by atoms with van der Waals surface area (Å²) in [6.45, 7) is 0.523. The van der Waals surface area contributed by atoms with E-state index in [0.29, 0.717) is 6.54 Å². The van der Waals surface area contributed by atoms with Crippen LogP contribution in [0.1, 0.15) is 31.7 Å². The molecule has 0 fully saturated rings. The summed E-state index contributed by atoms with van der Waals surface area (Å²) in [6, 6.07) is 9.97. The predicted molar refractivity (Wildman–Crippen MR) is 103 cm³/mol. The first kappa shape index (κ1) is 17.2. The van der Waals surface area contributed by atoms with Gasteiger partial charge >= 0.3 is 0 Å². The Labute approximate surface area is 162 Å². The van der Waals surface area contributed by atoms with Crippen LogP contribution in [0.2, 0.25) is 5.02 Å². The van der Waals surface area contributed by atoms with Crippen molar-refractivity contribution in [3.63, 3.8) is 0 Å². The van der Waals surface area contributed by atoms with Gasteiger partial charge in [0.05, 0.1) is 11.0 Å². The molecule has 0 radical (unpaired) electrons. The molecule has 0 unspecified atom stereocenters. The average molecular weight is 405 g/mol. The molecule has 1 aliphatic rings. The van der Waals surface area contributed by atoms with Crippen LogP contribution in [0.15, 0.2) is 47.2 Å². The number of hydrogen-bond acceptors (Lipinski definition) is 5. The summed E-state index contributed by atoms with van der Waals surface area (Å²) in [7, 11) is 0. The van der Waals surface area contributed by atoms with E-state index in [0.717, 1.165) is 16.9 Å². The SMILES string of the molecule is O=C(c1ccc(Cl)cc1[N+](=O)[O-])N1CCc2sccc2[C@@H]1c1cccs1. The summed E-state index contributed by atoms with van der Waals surface area (Å²) in [6.07, 6.45) is 0.752. The van der Waals surface area contributed by atoms with E-state index in [9.17, 15) is 14.9 Å². The normalized spacial score (nSPS) is 16.3. The van der Waals surface area contributed by atoms with Crippen LogP contribution in [0.25, 0.3) is 0 Å². The van der Waals surface area contributed by atoms with Gasteiger partial charge in [-0.3, -0.25) is 14.9 Å². The molecular formula is C18H13ClN2O3S2. The third kappa shape index (κ3) is 2.92. The molecule has 4 rings (SSSR count). The number of nitro groups is 1. The molecule has 26 heavy (non-hydrogen) atoms. The number of nitrogens with zero attached hydrogens (tertiary/aromatic N) is 2. The van der Waals surface area contributed by atoms with E-state index < -0.39 is 4.92 Å². The van der Waals surface area contributed by atoms with Crippen molar-refractivity contribution in [2.75, 3.05) is 6.54 Å². The summed E-state index contributed by atoms with van der Waals surface area (Å²) in [4.78, 5) is 28.2. The Balaban J connectivity index is 1.80. The molecule has 1 amide bonds. The van der Waals surface area contributed by atoms with Gasteiger partial charge in [-0.15, -0.1) is 22.7 Å². The van der Waals surface area contributed by atoms with Crippen LogP contribution in [-0.2, 0) is 6.42 Å². The molecule has 0 saturated carbocycles. The van der Waals surface area contributed by atoms with Gasteiger partial charge in [0.1, 0.15) is 5.56 Å². The van der Waals surface area contributed by atoms with Crippen molar-refractivity contribution in [1.29, 1.82) is 0 Å². The van der Waals surface area contributed by atoms with Crippen LogP contribution in [0, 0.1) is 10.1 Å². The molecule has 0 bridgehead atoms. The maximum atomic E-state index is 13.3. The van der Waals surface area contributed by atoms with E-state index in [1.54, 1.807) is 27.6 Å². The van der Waals surface area contributed by atoms with Crippen molar-refractivity contribution in [2.24, 2.45) is 0 Å². The van der Waals surface area contributed by atoms with Gasteiger partial charge in [0.2, 0.25) is 0 Å². The minimum absolute atomic E-state index is 0.0691. The number of halogens is 1. The second-order valence-electron chi connectivity index (χ2n) is 5.88. The molecule has 0 N–H and O–H groups in total. The number of fused-ring (bicyclic) bond motifs is 1. The van der Waals surface area contributed by atoms with E-state index >= 15 is 0 Å². The molecule has 1 atom stereocenters. The van der Waals surface area contributed by atoms with Crippen LogP contribution in [-0.4, -0.2) is 22.3 Å². The van der Waals surface area contributed by atoms with Gasteiger partial charge in [-0.25, -0.2) is 0 Å². The third-order valence-corrected chi connectivity index (χ3v) is 6.58. The lowest BCUT2D eigenvalue weighted by Crippen LogP contribution is -2.40. The molecule has 3 aromatic rings. The van der Waals surface area contributed by atoms with Crippen molar-refractivity contribution in [2.45, 2.75) is 12.5 Å². The van der Waals surface area contributed by atoms with E-state index in [2.05, 4.69) is 0 Å². The van der Waals surface area contributed by atoms with Crippen molar-refractivity contribution >= 4 is 45.9 Å². The van der Waals surface area contributed by atoms with E-state index in [1.807, 2.05) is 29.0 Å². The predicted octanol–water partition coefficient (Wildman–Crippen LogP) is 5.16. The Morgan fingerprint density at radius 3 is 2.81 bits per heavy atom. The number of amides is 1. The minimum Gasteiger partial charge on any atom is -0.326 e. The standard InChI is InChI=1S/C18H13ClN2O3S2/c19-11-3-4-12(14(10-11)21(23)24)18(22)20-7-5-15-13(6-9-26-15)17(20)16-2-1-8-25-16/h1-4,6,8-10,17H,5,7H2/t17-/m1/s1. The Hall–Kier alpha value is -2.22. The molecule has 132 valence electrons. The Kier molecular flexibility index (Phi) is 4.52. The quantitative estimate of drug-likeness (QED) is 0.447. The smallest absolute Gasteiger partial charge is 0.283 e. The summed E-state index contributed by atoms with van der Waals surface area (Å²) < 4.78 is 0. The first-order valence-electron chi connectivity index (χ1n) is 7.91. The maximum Gasteiger partial charge on any atom is 0.283 e. The summed E-state index contributed by atoms with van der Waals surface area (Å²) in [5.74, 6) is -0.344. The van der Waals surface area contributed by atoms with E-state index in [4.69, 9.17) is 11.6 Å². The lowest BCUT2D eigenvalue weighted by molar-refractivity contribution is -0.385. The fourth-order valence-corrected chi connectivity index (χ4v) is 5.20. The molecule has 1 aromatic carbocycles. The number of carbonyl (C=O) groups excluding carboxylic acids is 1. The van der Waals surface area contributed by atoms with Crippen LogP contribution < -0.4 is 0 Å². The lowest BCUT2D eigenvalue weighted by atomic mass is 9.97. The Morgan fingerprint density at radius 2 is 2.08 bits per heavy atom. The molecule has 8 heteroatoms. The monoisotopic (exact) mass is 404 g/mol. The highest BCUT2D eigenvalue weighted by Gasteiger charge is 2.36. The van der Waals surface area contributed by atoms with E-state index in [-0.39, 0.29) is 28.2 Å².